The van der Waals surface area contributed by atoms with Gasteiger partial charge in [0.15, 0.2) is 0 Å². The van der Waals surface area contributed by atoms with Crippen LogP contribution in [0.15, 0.2) is 48.8 Å². The van der Waals surface area contributed by atoms with Crippen LogP contribution in [0.5, 0.6) is 0 Å². The van der Waals surface area contributed by atoms with Gasteiger partial charge in [-0.2, -0.15) is 13.2 Å². The van der Waals surface area contributed by atoms with Gasteiger partial charge in [-0.05, 0) is 68.7 Å². The summed E-state index contributed by atoms with van der Waals surface area (Å²) >= 11 is 0. The zero-order valence-electron chi connectivity index (χ0n) is 21.3. The Morgan fingerprint density at radius 1 is 1.16 bits per heavy atom. The molecule has 200 valence electrons. The lowest BCUT2D eigenvalue weighted by molar-refractivity contribution is -0.141. The fourth-order valence-corrected chi connectivity index (χ4v) is 5.30. The van der Waals surface area contributed by atoms with Gasteiger partial charge in [0.1, 0.15) is 5.69 Å². The summed E-state index contributed by atoms with van der Waals surface area (Å²) in [5, 5.41) is 13.5. The molecule has 10 heteroatoms. The molecule has 1 saturated heterocycles. The van der Waals surface area contributed by atoms with E-state index < -0.39 is 23.4 Å². The van der Waals surface area contributed by atoms with Crippen molar-refractivity contribution in [3.05, 3.63) is 71.3 Å². The Morgan fingerprint density at radius 3 is 2.68 bits per heavy atom. The number of aryl methyl sites for hydroxylation is 1. The molecule has 2 atom stereocenters. The monoisotopic (exact) mass is 526 g/mol. The molecular weight excluding hydrogens is 497 g/mol. The maximum Gasteiger partial charge on any atom is 0.433 e. The molecule has 38 heavy (non-hydrogen) atoms. The number of morpholine rings is 1. The van der Waals surface area contributed by atoms with Crippen LogP contribution in [0, 0.1) is 12.8 Å². The fourth-order valence-electron chi connectivity index (χ4n) is 5.30. The molecule has 0 unspecified atom stereocenters. The Hall–Kier alpha value is -3.50. The Kier molecular flexibility index (Phi) is 6.65. The van der Waals surface area contributed by atoms with E-state index in [1.165, 1.54) is 6.07 Å². The zero-order valence-corrected chi connectivity index (χ0v) is 21.3. The van der Waals surface area contributed by atoms with Crippen molar-refractivity contribution >= 4 is 17.3 Å². The summed E-state index contributed by atoms with van der Waals surface area (Å²) in [6, 6.07) is 9.43. The summed E-state index contributed by atoms with van der Waals surface area (Å²) in [5.41, 5.74) is 2.88. The van der Waals surface area contributed by atoms with Gasteiger partial charge in [0.05, 0.1) is 36.2 Å². The number of carbonyl (C=O) groups excluding carboxylic acids is 1. The van der Waals surface area contributed by atoms with Gasteiger partial charge in [0.2, 0.25) is 0 Å². The Morgan fingerprint density at radius 2 is 1.95 bits per heavy atom. The first kappa shape index (κ1) is 26.1. The number of nitrogens with zero attached hydrogens (tertiary/aromatic N) is 3. The Bertz CT molecular complexity index is 1370. The first-order valence-electron chi connectivity index (χ1n) is 12.4. The van der Waals surface area contributed by atoms with Crippen molar-refractivity contribution in [1.29, 1.82) is 0 Å². The van der Waals surface area contributed by atoms with Crippen LogP contribution in [0.25, 0.3) is 11.1 Å². The number of alkyl halides is 3. The molecule has 3 aromatic rings. The van der Waals surface area contributed by atoms with Crippen LogP contribution in [-0.2, 0) is 17.3 Å². The molecule has 0 radical (unpaired) electrons. The summed E-state index contributed by atoms with van der Waals surface area (Å²) in [6.07, 6.45) is -1.25. The number of amides is 1. The van der Waals surface area contributed by atoms with Crippen molar-refractivity contribution in [3.63, 3.8) is 0 Å². The molecule has 2 aliphatic heterocycles. The highest BCUT2D eigenvalue weighted by atomic mass is 19.4. The number of aliphatic hydroxyl groups is 1. The number of benzene rings is 1. The number of halogens is 3. The van der Waals surface area contributed by atoms with Crippen LogP contribution >= 0.6 is 0 Å². The lowest BCUT2D eigenvalue weighted by Crippen LogP contribution is -2.58. The van der Waals surface area contributed by atoms with E-state index in [1.54, 1.807) is 18.3 Å². The number of rotatable bonds is 4. The predicted octanol–water partition coefficient (Wildman–Crippen LogP) is 4.87. The number of hydrogen-bond acceptors (Lipinski definition) is 6. The van der Waals surface area contributed by atoms with Crippen molar-refractivity contribution in [3.8, 4) is 11.1 Å². The van der Waals surface area contributed by atoms with Gasteiger partial charge >= 0.3 is 6.18 Å². The molecule has 5 rings (SSSR count). The highest BCUT2D eigenvalue weighted by Crippen LogP contribution is 2.41. The van der Waals surface area contributed by atoms with Gasteiger partial charge in [-0.25, -0.2) is 0 Å². The standard InChI is InChI=1S/C28H29F3N4O3/c1-16-4-5-19(34-26(36)17-6-7-32-25(11-17)28(29,30)31)12-20(16)18-10-23-22(33-14-18)13-21(27(2,3)37)24-15-38-9-8-35(23)24/h4-7,10-12,14,21,24,37H,8-9,13,15H2,1-3H3,(H,34,36)/t21-,24+/m1/s1. The molecule has 0 spiro atoms. The van der Waals surface area contributed by atoms with Gasteiger partial charge in [-0.3, -0.25) is 14.8 Å². The number of pyridine rings is 2. The largest absolute Gasteiger partial charge is 0.433 e. The minimum absolute atomic E-state index is 0.0278. The number of anilines is 2. The van der Waals surface area contributed by atoms with Crippen molar-refractivity contribution in [2.24, 2.45) is 5.92 Å². The zero-order chi connectivity index (χ0) is 27.2. The molecule has 0 aliphatic carbocycles. The third kappa shape index (κ3) is 5.10. The molecule has 0 saturated carbocycles. The number of nitrogens with one attached hydrogen (secondary N) is 1. The highest BCUT2D eigenvalue weighted by molar-refractivity contribution is 6.04. The molecule has 2 aromatic heterocycles. The van der Waals surface area contributed by atoms with Gasteiger partial charge < -0.3 is 20.1 Å². The summed E-state index contributed by atoms with van der Waals surface area (Å²) < 4.78 is 44.8. The summed E-state index contributed by atoms with van der Waals surface area (Å²) in [7, 11) is 0. The SMILES string of the molecule is Cc1ccc(NC(=O)c2ccnc(C(F)(F)F)c2)cc1-c1cnc2c(c1)N1CCOC[C@H]1[C@H](C(C)(C)O)C2. The molecule has 2 aliphatic rings. The molecule has 2 N–H and O–H groups in total. The molecule has 0 bridgehead atoms. The predicted molar refractivity (Wildman–Crippen MR) is 137 cm³/mol. The van der Waals surface area contributed by atoms with Crippen molar-refractivity contribution in [2.75, 3.05) is 30.0 Å². The van der Waals surface area contributed by atoms with Crippen molar-refractivity contribution < 1.29 is 27.8 Å². The van der Waals surface area contributed by atoms with Crippen LogP contribution in [-0.4, -0.2) is 52.4 Å². The van der Waals surface area contributed by atoms with Gasteiger partial charge in [0.25, 0.3) is 5.91 Å². The van der Waals surface area contributed by atoms with E-state index >= 15 is 0 Å². The fraction of sp³-hybridized carbons (Fsp3) is 0.393. The number of fused-ring (bicyclic) bond motifs is 3. The Balaban J connectivity index is 1.44. The summed E-state index contributed by atoms with van der Waals surface area (Å²) in [5.74, 6) is -0.690. The minimum atomic E-state index is -4.64. The van der Waals surface area contributed by atoms with Crippen LogP contribution in [0.4, 0.5) is 24.5 Å². The quantitative estimate of drug-likeness (QED) is 0.505. The first-order valence-corrected chi connectivity index (χ1v) is 12.4. The Labute approximate surface area is 218 Å². The average Bonchev–Trinajstić information content (AvgIpc) is 2.88. The number of hydrogen-bond donors (Lipinski definition) is 2. The third-order valence-corrected chi connectivity index (χ3v) is 7.33. The maximum atomic E-state index is 13.0. The molecule has 1 fully saturated rings. The van der Waals surface area contributed by atoms with E-state index in [-0.39, 0.29) is 17.5 Å². The first-order chi connectivity index (χ1) is 17.9. The van der Waals surface area contributed by atoms with Crippen LogP contribution < -0.4 is 10.2 Å². The van der Waals surface area contributed by atoms with Crippen LogP contribution in [0.3, 0.4) is 0 Å². The van der Waals surface area contributed by atoms with E-state index in [4.69, 9.17) is 9.72 Å². The molecule has 1 amide bonds. The maximum absolute atomic E-state index is 13.0. The normalized spacial score (nSPS) is 19.5. The van der Waals surface area contributed by atoms with Gasteiger partial charge in [-0.15, -0.1) is 0 Å². The van der Waals surface area contributed by atoms with E-state index in [2.05, 4.69) is 21.3 Å². The smallest absolute Gasteiger partial charge is 0.390 e. The van der Waals surface area contributed by atoms with Crippen molar-refractivity contribution in [2.45, 2.75) is 45.0 Å². The molecule has 1 aromatic carbocycles. The van der Waals surface area contributed by atoms with Crippen LogP contribution in [0.2, 0.25) is 0 Å². The number of ether oxygens (including phenoxy) is 1. The van der Waals surface area contributed by atoms with E-state index in [0.29, 0.717) is 31.9 Å². The second-order valence-electron chi connectivity index (χ2n) is 10.4. The van der Waals surface area contributed by atoms with Gasteiger partial charge in [-0.1, -0.05) is 6.07 Å². The van der Waals surface area contributed by atoms with Crippen LogP contribution in [0.1, 0.15) is 41.2 Å². The minimum Gasteiger partial charge on any atom is -0.390 e. The number of carbonyl (C=O) groups is 1. The summed E-state index contributed by atoms with van der Waals surface area (Å²) in [6.45, 7) is 7.40. The topological polar surface area (TPSA) is 87.6 Å². The highest BCUT2D eigenvalue weighted by Gasteiger charge is 2.43. The van der Waals surface area contributed by atoms with E-state index in [0.717, 1.165) is 40.3 Å². The second kappa shape index (κ2) is 9.67. The number of aromatic nitrogens is 2. The lowest BCUT2D eigenvalue weighted by Gasteiger charge is -2.49. The van der Waals surface area contributed by atoms with Crippen molar-refractivity contribution in [1.82, 2.24) is 9.97 Å². The molecular formula is C28H29F3N4O3. The second-order valence-corrected chi connectivity index (χ2v) is 10.4. The average molecular weight is 527 g/mol. The molecule has 4 heterocycles. The molecule has 7 nitrogen and oxygen atoms in total. The summed E-state index contributed by atoms with van der Waals surface area (Å²) in [4.78, 5) is 23.1. The lowest BCUT2D eigenvalue weighted by atomic mass is 9.77. The van der Waals surface area contributed by atoms with Gasteiger partial charge in [0, 0.05) is 41.7 Å². The van der Waals surface area contributed by atoms with E-state index in [9.17, 15) is 23.1 Å². The van der Waals surface area contributed by atoms with E-state index in [1.807, 2.05) is 26.8 Å². The third-order valence-electron chi connectivity index (χ3n) is 7.33.